The van der Waals surface area contributed by atoms with Crippen molar-refractivity contribution in [3.8, 4) is 5.75 Å². The van der Waals surface area contributed by atoms with Crippen molar-refractivity contribution in [1.82, 2.24) is 4.57 Å². The number of carbonyl (C=O) groups excluding carboxylic acids is 2. The Morgan fingerprint density at radius 3 is 2.62 bits per heavy atom. The van der Waals surface area contributed by atoms with Gasteiger partial charge in [-0.2, -0.15) is 0 Å². The molecule has 0 unspecified atom stereocenters. The molecule has 2 aromatic carbocycles. The van der Waals surface area contributed by atoms with E-state index in [1.165, 1.54) is 0 Å². The van der Waals surface area contributed by atoms with Gasteiger partial charge in [0.25, 0.3) is 0 Å². The molecule has 0 radical (unpaired) electrons. The highest BCUT2D eigenvalue weighted by Gasteiger charge is 2.22. The van der Waals surface area contributed by atoms with Crippen LogP contribution in [0.25, 0.3) is 0 Å². The van der Waals surface area contributed by atoms with Crippen LogP contribution in [0.2, 0.25) is 5.02 Å². The molecule has 1 aromatic heterocycles. The Morgan fingerprint density at radius 2 is 1.85 bits per heavy atom. The molecule has 7 heteroatoms. The lowest BCUT2D eigenvalue weighted by Gasteiger charge is -2.15. The molecular formula is C27H28ClNO5. The average Bonchev–Trinajstić information content (AvgIpc) is 3.46. The molecule has 6 nitrogen and oxygen atoms in total. The van der Waals surface area contributed by atoms with E-state index in [-0.39, 0.29) is 30.7 Å². The average molecular weight is 482 g/mol. The summed E-state index contributed by atoms with van der Waals surface area (Å²) in [6.07, 6.45) is 2.26. The SMILES string of the molecule is Cc1cc(C(=O)COC(=O)c2ccccc2OCc2ccccc2Cl)c(C)n1C[C@H]1CCCO1. The van der Waals surface area contributed by atoms with Crippen molar-refractivity contribution in [2.24, 2.45) is 0 Å². The van der Waals surface area contributed by atoms with E-state index in [4.69, 9.17) is 25.8 Å². The minimum absolute atomic E-state index is 0.174. The smallest absolute Gasteiger partial charge is 0.342 e. The summed E-state index contributed by atoms with van der Waals surface area (Å²) in [5, 5.41) is 0.588. The van der Waals surface area contributed by atoms with Gasteiger partial charge in [0.15, 0.2) is 6.61 Å². The van der Waals surface area contributed by atoms with Gasteiger partial charge in [-0.15, -0.1) is 0 Å². The maximum absolute atomic E-state index is 12.9. The van der Waals surface area contributed by atoms with E-state index >= 15 is 0 Å². The zero-order chi connectivity index (χ0) is 24.1. The first-order valence-electron chi connectivity index (χ1n) is 11.4. The summed E-state index contributed by atoms with van der Waals surface area (Å²) in [6.45, 7) is 5.25. The van der Waals surface area contributed by atoms with Crippen molar-refractivity contribution in [2.75, 3.05) is 13.2 Å². The van der Waals surface area contributed by atoms with Crippen LogP contribution >= 0.6 is 11.6 Å². The lowest BCUT2D eigenvalue weighted by Crippen LogP contribution is -2.18. The van der Waals surface area contributed by atoms with Gasteiger partial charge in [0.1, 0.15) is 17.9 Å². The normalized spacial score (nSPS) is 15.3. The number of ether oxygens (including phenoxy) is 3. The Kier molecular flexibility index (Phi) is 7.70. The second-order valence-electron chi connectivity index (χ2n) is 8.41. The first-order chi connectivity index (χ1) is 16.4. The maximum Gasteiger partial charge on any atom is 0.342 e. The van der Waals surface area contributed by atoms with E-state index in [9.17, 15) is 9.59 Å². The van der Waals surface area contributed by atoms with Crippen LogP contribution < -0.4 is 4.74 Å². The monoisotopic (exact) mass is 481 g/mol. The summed E-state index contributed by atoms with van der Waals surface area (Å²) < 4.78 is 19.0. The lowest BCUT2D eigenvalue weighted by atomic mass is 10.1. The molecule has 1 atom stereocenters. The zero-order valence-electron chi connectivity index (χ0n) is 19.4. The molecule has 0 aliphatic carbocycles. The van der Waals surface area contributed by atoms with E-state index in [0.29, 0.717) is 16.3 Å². The number of hydrogen-bond acceptors (Lipinski definition) is 5. The number of Topliss-reactive ketones (excluding diaryl/α,β-unsaturated/α-hetero) is 1. The fraction of sp³-hybridized carbons (Fsp3) is 0.333. The number of halogens is 1. The molecule has 1 saturated heterocycles. The highest BCUT2D eigenvalue weighted by atomic mass is 35.5. The number of ketones is 1. The zero-order valence-corrected chi connectivity index (χ0v) is 20.1. The van der Waals surface area contributed by atoms with Crippen molar-refractivity contribution < 1.29 is 23.8 Å². The Balaban J connectivity index is 1.39. The number of esters is 1. The largest absolute Gasteiger partial charge is 0.488 e. The van der Waals surface area contributed by atoms with Gasteiger partial charge in [-0.05, 0) is 51.0 Å². The molecule has 1 aliphatic heterocycles. The first kappa shape index (κ1) is 24.0. The number of para-hydroxylation sites is 1. The first-order valence-corrected chi connectivity index (χ1v) is 11.8. The molecule has 0 bridgehead atoms. The molecule has 0 spiro atoms. The molecular weight excluding hydrogens is 454 g/mol. The minimum atomic E-state index is -0.615. The number of aryl methyl sites for hydroxylation is 1. The van der Waals surface area contributed by atoms with Crippen molar-refractivity contribution in [2.45, 2.75) is 45.9 Å². The summed E-state index contributed by atoms with van der Waals surface area (Å²) in [5.74, 6) is -0.486. The summed E-state index contributed by atoms with van der Waals surface area (Å²) in [6, 6.07) is 16.0. The van der Waals surface area contributed by atoms with Crippen LogP contribution in [-0.4, -0.2) is 35.6 Å². The van der Waals surface area contributed by atoms with Crippen LogP contribution in [0, 0.1) is 13.8 Å². The predicted molar refractivity (Wildman–Crippen MR) is 130 cm³/mol. The van der Waals surface area contributed by atoms with Gasteiger partial charge in [-0.25, -0.2) is 4.79 Å². The van der Waals surface area contributed by atoms with Crippen molar-refractivity contribution in [3.63, 3.8) is 0 Å². The number of rotatable bonds is 9. The molecule has 0 amide bonds. The topological polar surface area (TPSA) is 66.8 Å². The van der Waals surface area contributed by atoms with Gasteiger partial charge in [-0.1, -0.05) is 41.9 Å². The van der Waals surface area contributed by atoms with Crippen LogP contribution in [0.1, 0.15) is 50.5 Å². The summed E-state index contributed by atoms with van der Waals surface area (Å²) in [4.78, 5) is 25.6. The molecule has 1 fully saturated rings. The van der Waals surface area contributed by atoms with Gasteiger partial charge < -0.3 is 18.8 Å². The number of hydrogen-bond donors (Lipinski definition) is 0. The third kappa shape index (κ3) is 5.51. The Labute approximate surface area is 204 Å². The van der Waals surface area contributed by atoms with E-state index < -0.39 is 5.97 Å². The van der Waals surface area contributed by atoms with Gasteiger partial charge in [0.2, 0.25) is 5.78 Å². The Hall–Kier alpha value is -3.09. The quantitative estimate of drug-likeness (QED) is 0.296. The van der Waals surface area contributed by atoms with Gasteiger partial charge >= 0.3 is 5.97 Å². The van der Waals surface area contributed by atoms with Crippen LogP contribution in [-0.2, 0) is 22.6 Å². The molecule has 3 aromatic rings. The Morgan fingerprint density at radius 1 is 1.09 bits per heavy atom. The molecule has 34 heavy (non-hydrogen) atoms. The molecule has 1 aliphatic rings. The molecule has 178 valence electrons. The van der Waals surface area contributed by atoms with Crippen LogP contribution in [0.5, 0.6) is 5.75 Å². The third-order valence-corrected chi connectivity index (χ3v) is 6.44. The maximum atomic E-state index is 12.9. The number of aromatic nitrogens is 1. The molecule has 4 rings (SSSR count). The second-order valence-corrected chi connectivity index (χ2v) is 8.81. The fourth-order valence-electron chi connectivity index (χ4n) is 4.18. The van der Waals surface area contributed by atoms with E-state index in [1.54, 1.807) is 30.3 Å². The molecule has 2 heterocycles. The van der Waals surface area contributed by atoms with Crippen LogP contribution in [0.15, 0.2) is 54.6 Å². The molecule has 0 N–H and O–H groups in total. The van der Waals surface area contributed by atoms with Crippen molar-refractivity contribution in [3.05, 3.63) is 87.7 Å². The highest BCUT2D eigenvalue weighted by Crippen LogP contribution is 2.24. The minimum Gasteiger partial charge on any atom is -0.488 e. The van der Waals surface area contributed by atoms with Crippen LogP contribution in [0.4, 0.5) is 0 Å². The number of nitrogens with zero attached hydrogens (tertiary/aromatic N) is 1. The molecule has 0 saturated carbocycles. The lowest BCUT2D eigenvalue weighted by molar-refractivity contribution is 0.0470. The number of carbonyl (C=O) groups is 2. The Bertz CT molecular complexity index is 1180. The van der Waals surface area contributed by atoms with Gasteiger partial charge in [0, 0.05) is 40.7 Å². The summed E-state index contributed by atoms with van der Waals surface area (Å²) in [7, 11) is 0. The summed E-state index contributed by atoms with van der Waals surface area (Å²) >= 11 is 6.19. The highest BCUT2D eigenvalue weighted by molar-refractivity contribution is 6.31. The van der Waals surface area contributed by atoms with E-state index in [0.717, 1.165) is 42.9 Å². The summed E-state index contributed by atoms with van der Waals surface area (Å²) in [5.41, 5.74) is 3.47. The van der Waals surface area contributed by atoms with E-state index in [1.807, 2.05) is 38.1 Å². The van der Waals surface area contributed by atoms with E-state index in [2.05, 4.69) is 4.57 Å². The predicted octanol–water partition coefficient (Wildman–Crippen LogP) is 5.56. The third-order valence-electron chi connectivity index (χ3n) is 6.07. The number of benzene rings is 2. The van der Waals surface area contributed by atoms with Crippen LogP contribution in [0.3, 0.4) is 0 Å². The fourth-order valence-corrected chi connectivity index (χ4v) is 4.37. The van der Waals surface area contributed by atoms with Gasteiger partial charge in [-0.3, -0.25) is 4.79 Å². The van der Waals surface area contributed by atoms with Gasteiger partial charge in [0.05, 0.1) is 6.10 Å². The van der Waals surface area contributed by atoms with Crippen molar-refractivity contribution in [1.29, 1.82) is 0 Å². The van der Waals surface area contributed by atoms with Crippen molar-refractivity contribution >= 4 is 23.4 Å². The standard InChI is InChI=1S/C27H28ClNO5/c1-18-14-23(19(2)29(18)15-21-9-7-13-32-21)25(30)17-34-27(31)22-10-4-6-12-26(22)33-16-20-8-3-5-11-24(20)28/h3-6,8,10-12,14,21H,7,9,13,15-17H2,1-2H3/t21-/m1/s1. The second kappa shape index (κ2) is 10.9.